The molecule has 0 radical (unpaired) electrons. The quantitative estimate of drug-likeness (QED) is 0.515. The summed E-state index contributed by atoms with van der Waals surface area (Å²) >= 11 is 5.70. The van der Waals surface area contributed by atoms with E-state index in [9.17, 15) is 0 Å². The molecule has 1 aromatic heterocycles. The normalized spacial score (nSPS) is 16.4. The molecule has 32 heavy (non-hydrogen) atoms. The van der Waals surface area contributed by atoms with E-state index in [1.54, 1.807) is 7.11 Å². The first-order valence-corrected chi connectivity index (χ1v) is 11.2. The van der Waals surface area contributed by atoms with Crippen molar-refractivity contribution in [2.45, 2.75) is 33.2 Å². The molecule has 1 aliphatic heterocycles. The minimum Gasteiger partial charge on any atom is -0.383 e. The second-order valence-electron chi connectivity index (χ2n) is 7.91. The summed E-state index contributed by atoms with van der Waals surface area (Å²) in [4.78, 5) is 6.80. The van der Waals surface area contributed by atoms with Crippen LogP contribution in [0.2, 0.25) is 0 Å². The standard InChI is InChI=1S/C25H28N4O2S/c1-5-18-9-11-19(12-10-18)22-21(17(3)29(13-14-30-4)25(32)26-22)24-27-23(28-31-24)20-8-6-7-16(2)15-20/h6-12,15,22H,5,13-14H2,1-4H3,(H,26,32). The summed E-state index contributed by atoms with van der Waals surface area (Å²) in [5.41, 5.74) is 6.36. The molecule has 0 fully saturated rings. The van der Waals surface area contributed by atoms with Crippen LogP contribution in [0, 0.1) is 6.92 Å². The molecule has 3 aromatic rings. The number of benzene rings is 2. The molecule has 1 unspecified atom stereocenters. The largest absolute Gasteiger partial charge is 0.383 e. The smallest absolute Gasteiger partial charge is 0.258 e. The van der Waals surface area contributed by atoms with Gasteiger partial charge in [0.25, 0.3) is 5.89 Å². The van der Waals surface area contributed by atoms with Crippen LogP contribution in [0.4, 0.5) is 0 Å². The van der Waals surface area contributed by atoms with Gasteiger partial charge < -0.3 is 19.5 Å². The Morgan fingerprint density at radius 2 is 1.94 bits per heavy atom. The van der Waals surface area contributed by atoms with Crippen molar-refractivity contribution in [3.05, 3.63) is 76.8 Å². The topological polar surface area (TPSA) is 63.4 Å². The summed E-state index contributed by atoms with van der Waals surface area (Å²) in [5.74, 6) is 1.06. The Labute approximate surface area is 194 Å². The summed E-state index contributed by atoms with van der Waals surface area (Å²) in [7, 11) is 1.69. The predicted molar refractivity (Wildman–Crippen MR) is 130 cm³/mol. The van der Waals surface area contributed by atoms with E-state index in [-0.39, 0.29) is 6.04 Å². The van der Waals surface area contributed by atoms with Crippen LogP contribution in [-0.2, 0) is 11.2 Å². The summed E-state index contributed by atoms with van der Waals surface area (Å²) < 4.78 is 11.1. The lowest BCUT2D eigenvalue weighted by molar-refractivity contribution is 0.183. The van der Waals surface area contributed by atoms with Gasteiger partial charge in [0.2, 0.25) is 5.82 Å². The Balaban J connectivity index is 1.79. The van der Waals surface area contributed by atoms with E-state index >= 15 is 0 Å². The third-order valence-corrected chi connectivity index (χ3v) is 6.11. The van der Waals surface area contributed by atoms with Crippen molar-refractivity contribution in [3.63, 3.8) is 0 Å². The van der Waals surface area contributed by atoms with Crippen molar-refractivity contribution in [3.8, 4) is 11.4 Å². The van der Waals surface area contributed by atoms with E-state index in [1.807, 2.05) is 36.9 Å². The van der Waals surface area contributed by atoms with Gasteiger partial charge >= 0.3 is 0 Å². The maximum atomic E-state index is 5.79. The number of ether oxygens (including phenoxy) is 1. The minimum atomic E-state index is -0.182. The van der Waals surface area contributed by atoms with Crippen molar-refractivity contribution in [1.29, 1.82) is 0 Å². The highest BCUT2D eigenvalue weighted by Crippen LogP contribution is 2.37. The highest BCUT2D eigenvalue weighted by molar-refractivity contribution is 7.80. The lowest BCUT2D eigenvalue weighted by atomic mass is 9.94. The predicted octanol–water partition coefficient (Wildman–Crippen LogP) is 4.92. The van der Waals surface area contributed by atoms with Gasteiger partial charge in [-0.1, -0.05) is 60.1 Å². The number of allylic oxidation sites excluding steroid dienone is 1. The highest BCUT2D eigenvalue weighted by Gasteiger charge is 2.33. The van der Waals surface area contributed by atoms with Gasteiger partial charge in [0.05, 0.1) is 18.2 Å². The Hall–Kier alpha value is -3.03. The van der Waals surface area contributed by atoms with Crippen LogP contribution < -0.4 is 5.32 Å². The fourth-order valence-corrected chi connectivity index (χ4v) is 4.29. The average Bonchev–Trinajstić information content (AvgIpc) is 3.28. The molecule has 0 amide bonds. The summed E-state index contributed by atoms with van der Waals surface area (Å²) in [6.45, 7) is 7.44. The summed E-state index contributed by atoms with van der Waals surface area (Å²) in [5, 5.41) is 8.42. The van der Waals surface area contributed by atoms with E-state index in [0.29, 0.717) is 30.0 Å². The van der Waals surface area contributed by atoms with E-state index in [2.05, 4.69) is 47.7 Å². The molecule has 0 aliphatic carbocycles. The number of nitrogens with one attached hydrogen (secondary N) is 1. The zero-order chi connectivity index (χ0) is 22.7. The first kappa shape index (κ1) is 22.2. The van der Waals surface area contributed by atoms with E-state index < -0.39 is 0 Å². The number of methoxy groups -OCH3 is 1. The first-order valence-electron chi connectivity index (χ1n) is 10.8. The van der Waals surface area contributed by atoms with Crippen LogP contribution in [0.15, 0.2) is 58.8 Å². The van der Waals surface area contributed by atoms with Crippen LogP contribution in [0.1, 0.15) is 42.5 Å². The fourth-order valence-electron chi connectivity index (χ4n) is 3.94. The van der Waals surface area contributed by atoms with Crippen molar-refractivity contribution in [2.24, 2.45) is 0 Å². The van der Waals surface area contributed by atoms with Gasteiger partial charge in [-0.25, -0.2) is 0 Å². The molecule has 0 spiro atoms. The van der Waals surface area contributed by atoms with Gasteiger partial charge in [0.15, 0.2) is 5.11 Å². The van der Waals surface area contributed by atoms with Crippen molar-refractivity contribution < 1.29 is 9.26 Å². The lowest BCUT2D eigenvalue weighted by Crippen LogP contribution is -2.47. The molecule has 0 saturated carbocycles. The molecule has 6 nitrogen and oxygen atoms in total. The van der Waals surface area contributed by atoms with Crippen LogP contribution in [0.3, 0.4) is 0 Å². The van der Waals surface area contributed by atoms with Crippen LogP contribution in [0.25, 0.3) is 17.0 Å². The fraction of sp³-hybridized carbons (Fsp3) is 0.320. The molecular formula is C25H28N4O2S. The maximum absolute atomic E-state index is 5.79. The Kier molecular flexibility index (Phi) is 6.67. The Bertz CT molecular complexity index is 1140. The second kappa shape index (κ2) is 9.63. The number of rotatable bonds is 7. The lowest BCUT2D eigenvalue weighted by Gasteiger charge is -2.37. The van der Waals surface area contributed by atoms with E-state index in [1.165, 1.54) is 5.56 Å². The minimum absolute atomic E-state index is 0.182. The summed E-state index contributed by atoms with van der Waals surface area (Å²) in [6, 6.07) is 16.5. The Morgan fingerprint density at radius 3 is 2.62 bits per heavy atom. The molecule has 1 atom stereocenters. The molecule has 2 aromatic carbocycles. The van der Waals surface area contributed by atoms with Crippen LogP contribution >= 0.6 is 12.2 Å². The third kappa shape index (κ3) is 4.45. The van der Waals surface area contributed by atoms with Crippen molar-refractivity contribution in [2.75, 3.05) is 20.3 Å². The zero-order valence-corrected chi connectivity index (χ0v) is 19.7. The molecule has 1 N–H and O–H groups in total. The van der Waals surface area contributed by atoms with Gasteiger partial charge in [0, 0.05) is 24.9 Å². The molecule has 4 rings (SSSR count). The number of nitrogens with zero attached hydrogens (tertiary/aromatic N) is 3. The SMILES string of the molecule is CCc1ccc(C2NC(=S)N(CCOC)C(C)=C2c2nc(-c3cccc(C)c3)no2)cc1. The highest BCUT2D eigenvalue weighted by atomic mass is 32.1. The summed E-state index contributed by atoms with van der Waals surface area (Å²) in [6.07, 6.45) is 0.993. The molecular weight excluding hydrogens is 420 g/mol. The average molecular weight is 449 g/mol. The maximum Gasteiger partial charge on any atom is 0.258 e. The Morgan fingerprint density at radius 1 is 1.16 bits per heavy atom. The van der Waals surface area contributed by atoms with Crippen molar-refractivity contribution >= 4 is 22.9 Å². The molecule has 7 heteroatoms. The first-order chi connectivity index (χ1) is 15.5. The van der Waals surface area contributed by atoms with Crippen LogP contribution in [-0.4, -0.2) is 40.4 Å². The van der Waals surface area contributed by atoms with Gasteiger partial charge in [-0.15, -0.1) is 0 Å². The third-order valence-electron chi connectivity index (χ3n) is 5.77. The number of aryl methyl sites for hydroxylation is 2. The van der Waals surface area contributed by atoms with E-state index in [0.717, 1.165) is 34.4 Å². The molecule has 166 valence electrons. The van der Waals surface area contributed by atoms with Gasteiger partial charge in [-0.2, -0.15) is 4.98 Å². The zero-order valence-electron chi connectivity index (χ0n) is 18.9. The molecule has 2 heterocycles. The van der Waals surface area contributed by atoms with Gasteiger partial charge in [-0.05, 0) is 49.7 Å². The monoisotopic (exact) mass is 448 g/mol. The number of thiocarbonyl (C=S) groups is 1. The molecule has 0 bridgehead atoms. The van der Waals surface area contributed by atoms with E-state index in [4.69, 9.17) is 26.5 Å². The van der Waals surface area contributed by atoms with Gasteiger partial charge in [0.1, 0.15) is 0 Å². The number of hydrogen-bond donors (Lipinski definition) is 1. The second-order valence-corrected chi connectivity index (χ2v) is 8.30. The number of aromatic nitrogens is 2. The molecule has 1 aliphatic rings. The van der Waals surface area contributed by atoms with Gasteiger partial charge in [-0.3, -0.25) is 0 Å². The molecule has 0 saturated heterocycles. The van der Waals surface area contributed by atoms with Crippen LogP contribution in [0.5, 0.6) is 0 Å². The number of hydrogen-bond acceptors (Lipinski definition) is 5. The van der Waals surface area contributed by atoms with Crippen molar-refractivity contribution in [1.82, 2.24) is 20.4 Å².